The summed E-state index contributed by atoms with van der Waals surface area (Å²) in [6, 6.07) is 0.317. The van der Waals surface area contributed by atoms with Crippen molar-refractivity contribution in [2.24, 2.45) is 0 Å². The maximum Gasteiger partial charge on any atom is 0.178 e. The van der Waals surface area contributed by atoms with E-state index in [2.05, 4.69) is 15.1 Å². The molecule has 7 nitrogen and oxygen atoms in total. The van der Waals surface area contributed by atoms with Gasteiger partial charge in [-0.05, 0) is 12.8 Å². The lowest BCUT2D eigenvalue weighted by Crippen LogP contribution is -2.48. The first kappa shape index (κ1) is 15.0. The topological polar surface area (TPSA) is 84.5 Å². The fraction of sp³-hybridized carbons (Fsp3) is 0.769. The zero-order valence-electron chi connectivity index (χ0n) is 12.1. The van der Waals surface area contributed by atoms with Gasteiger partial charge in [0.2, 0.25) is 0 Å². The average Bonchev–Trinajstić information content (AvgIpc) is 2.98. The lowest BCUT2D eigenvalue weighted by molar-refractivity contribution is -0.0586. The molecule has 0 radical (unpaired) electrons. The second-order valence-corrected chi connectivity index (χ2v) is 7.58. The summed E-state index contributed by atoms with van der Waals surface area (Å²) in [5.41, 5.74) is 0.642. The highest BCUT2D eigenvalue weighted by Crippen LogP contribution is 2.31. The summed E-state index contributed by atoms with van der Waals surface area (Å²) >= 11 is 0. The van der Waals surface area contributed by atoms with Crippen LogP contribution in [0.15, 0.2) is 11.1 Å². The van der Waals surface area contributed by atoms with E-state index in [4.69, 9.17) is 9.47 Å². The van der Waals surface area contributed by atoms with Gasteiger partial charge in [-0.1, -0.05) is 0 Å². The van der Waals surface area contributed by atoms with Crippen LogP contribution in [0.3, 0.4) is 0 Å². The largest absolute Gasteiger partial charge is 0.381 e. The molecule has 0 aliphatic carbocycles. The molecule has 2 fully saturated rings. The van der Waals surface area contributed by atoms with E-state index in [-0.39, 0.29) is 10.9 Å². The van der Waals surface area contributed by atoms with E-state index >= 15 is 0 Å². The number of rotatable bonds is 3. The smallest absolute Gasteiger partial charge is 0.178 e. The molecular weight excluding hydrogens is 294 g/mol. The first-order chi connectivity index (χ1) is 10.1. The molecule has 21 heavy (non-hydrogen) atoms. The van der Waals surface area contributed by atoms with Gasteiger partial charge in [0.05, 0.1) is 31.1 Å². The van der Waals surface area contributed by atoms with E-state index in [0.717, 1.165) is 32.6 Å². The fourth-order valence-electron chi connectivity index (χ4n) is 3.14. The van der Waals surface area contributed by atoms with Crippen LogP contribution in [0, 0.1) is 0 Å². The van der Waals surface area contributed by atoms with Gasteiger partial charge in [-0.3, -0.25) is 10.00 Å². The Kier molecular flexibility index (Phi) is 4.30. The van der Waals surface area contributed by atoms with Gasteiger partial charge in [0, 0.05) is 32.1 Å². The lowest BCUT2D eigenvalue weighted by Gasteiger charge is -2.42. The molecule has 0 amide bonds. The molecule has 2 aliphatic rings. The molecule has 0 spiro atoms. The van der Waals surface area contributed by atoms with Gasteiger partial charge < -0.3 is 9.47 Å². The molecule has 0 bridgehead atoms. The summed E-state index contributed by atoms with van der Waals surface area (Å²) in [7, 11) is -3.29. The van der Waals surface area contributed by atoms with Crippen molar-refractivity contribution in [2.45, 2.75) is 29.8 Å². The fourth-order valence-corrected chi connectivity index (χ4v) is 3.96. The molecule has 8 heteroatoms. The van der Waals surface area contributed by atoms with Crippen LogP contribution in [-0.2, 0) is 19.3 Å². The Bertz CT molecular complexity index is 580. The molecule has 0 saturated carbocycles. The van der Waals surface area contributed by atoms with Crippen LogP contribution in [0.25, 0.3) is 0 Å². The lowest BCUT2D eigenvalue weighted by atomic mass is 10.0. The van der Waals surface area contributed by atoms with E-state index < -0.39 is 9.84 Å². The summed E-state index contributed by atoms with van der Waals surface area (Å²) in [6.45, 7) is 3.49. The minimum atomic E-state index is -3.29. The molecule has 3 heterocycles. The summed E-state index contributed by atoms with van der Waals surface area (Å²) in [5, 5.41) is 6.80. The van der Waals surface area contributed by atoms with Gasteiger partial charge >= 0.3 is 0 Å². The number of aromatic amines is 1. The Balaban J connectivity index is 1.89. The van der Waals surface area contributed by atoms with Crippen molar-refractivity contribution < 1.29 is 17.9 Å². The van der Waals surface area contributed by atoms with Gasteiger partial charge in [-0.15, -0.1) is 0 Å². The average molecular weight is 315 g/mol. The Morgan fingerprint density at radius 3 is 2.76 bits per heavy atom. The van der Waals surface area contributed by atoms with Crippen LogP contribution in [0.5, 0.6) is 0 Å². The first-order valence-corrected chi connectivity index (χ1v) is 9.11. The third kappa shape index (κ3) is 3.13. The van der Waals surface area contributed by atoms with Crippen LogP contribution in [0.1, 0.15) is 24.6 Å². The number of hydrogen-bond donors (Lipinski definition) is 1. The number of nitrogens with one attached hydrogen (secondary N) is 1. The second-order valence-electron chi connectivity index (χ2n) is 5.59. The van der Waals surface area contributed by atoms with Gasteiger partial charge in [-0.2, -0.15) is 5.10 Å². The van der Waals surface area contributed by atoms with E-state index in [1.54, 1.807) is 0 Å². The Labute approximate surface area is 124 Å². The van der Waals surface area contributed by atoms with Crippen LogP contribution in [0.4, 0.5) is 0 Å². The number of hydrogen-bond acceptors (Lipinski definition) is 6. The van der Waals surface area contributed by atoms with E-state index in [1.807, 2.05) is 0 Å². The molecule has 1 N–H and O–H groups in total. The second kappa shape index (κ2) is 6.04. The molecule has 1 atom stereocenters. The maximum atomic E-state index is 11.9. The van der Waals surface area contributed by atoms with Gasteiger partial charge in [0.25, 0.3) is 0 Å². The van der Waals surface area contributed by atoms with E-state index in [1.165, 1.54) is 12.5 Å². The minimum Gasteiger partial charge on any atom is -0.381 e. The third-order valence-electron chi connectivity index (χ3n) is 4.19. The summed E-state index contributed by atoms with van der Waals surface area (Å²) in [4.78, 5) is 2.61. The normalized spacial score (nSPS) is 26.0. The summed E-state index contributed by atoms with van der Waals surface area (Å²) < 4.78 is 34.8. The summed E-state index contributed by atoms with van der Waals surface area (Å²) in [6.07, 6.45) is 4.54. The Hall–Kier alpha value is -0.960. The molecule has 1 aromatic heterocycles. The van der Waals surface area contributed by atoms with Gasteiger partial charge in [0.1, 0.15) is 4.90 Å². The monoisotopic (exact) mass is 315 g/mol. The minimum absolute atomic E-state index is 0.0888. The van der Waals surface area contributed by atoms with Crippen molar-refractivity contribution in [1.29, 1.82) is 0 Å². The van der Waals surface area contributed by atoms with Crippen molar-refractivity contribution in [3.8, 4) is 0 Å². The van der Waals surface area contributed by atoms with Crippen molar-refractivity contribution in [2.75, 3.05) is 39.2 Å². The predicted octanol–water partition coefficient (Wildman–Crippen LogP) is 0.365. The van der Waals surface area contributed by atoms with Gasteiger partial charge in [-0.25, -0.2) is 8.42 Å². The molecule has 2 aliphatic heterocycles. The number of H-pyrrole nitrogens is 1. The number of nitrogens with zero attached hydrogens (tertiary/aromatic N) is 2. The third-order valence-corrected chi connectivity index (χ3v) is 5.32. The van der Waals surface area contributed by atoms with Crippen molar-refractivity contribution in [1.82, 2.24) is 15.1 Å². The van der Waals surface area contributed by atoms with Gasteiger partial charge in [0.15, 0.2) is 9.84 Å². The zero-order valence-corrected chi connectivity index (χ0v) is 12.9. The number of ether oxygens (including phenoxy) is 2. The highest BCUT2D eigenvalue weighted by molar-refractivity contribution is 7.90. The number of morpholine rings is 1. The molecule has 1 aromatic rings. The molecule has 0 unspecified atom stereocenters. The van der Waals surface area contributed by atoms with Crippen molar-refractivity contribution >= 4 is 9.84 Å². The quantitative estimate of drug-likeness (QED) is 0.867. The Morgan fingerprint density at radius 1 is 1.29 bits per heavy atom. The molecule has 118 valence electrons. The number of sulfone groups is 1. The highest BCUT2D eigenvalue weighted by atomic mass is 32.2. The highest BCUT2D eigenvalue weighted by Gasteiger charge is 2.35. The van der Waals surface area contributed by atoms with Crippen LogP contribution >= 0.6 is 0 Å². The van der Waals surface area contributed by atoms with Crippen LogP contribution in [-0.4, -0.2) is 68.8 Å². The van der Waals surface area contributed by atoms with Crippen LogP contribution in [0.2, 0.25) is 0 Å². The Morgan fingerprint density at radius 2 is 2.05 bits per heavy atom. The standard InChI is InChI=1S/C13H21N3O4S/c1-21(17,18)12-8-14-15-13(12)11-9-20-7-4-16(11)10-2-5-19-6-3-10/h8,10-11H,2-7,9H2,1H3,(H,14,15)/t11-/m0/s1. The SMILES string of the molecule is CS(=O)(=O)c1cn[nH]c1[C@@H]1COCCN1C1CCOCC1. The molecular formula is C13H21N3O4S. The predicted molar refractivity (Wildman–Crippen MR) is 75.8 cm³/mol. The van der Waals surface area contributed by atoms with E-state index in [9.17, 15) is 8.42 Å². The number of aromatic nitrogens is 2. The van der Waals surface area contributed by atoms with Crippen LogP contribution < -0.4 is 0 Å². The van der Waals surface area contributed by atoms with Crippen molar-refractivity contribution in [3.05, 3.63) is 11.9 Å². The zero-order chi connectivity index (χ0) is 14.9. The maximum absolute atomic E-state index is 11.9. The first-order valence-electron chi connectivity index (χ1n) is 7.22. The molecule has 0 aromatic carbocycles. The molecule has 3 rings (SSSR count). The molecule has 2 saturated heterocycles. The van der Waals surface area contributed by atoms with Crippen molar-refractivity contribution in [3.63, 3.8) is 0 Å². The summed E-state index contributed by atoms with van der Waals surface area (Å²) in [5.74, 6) is 0. The van der Waals surface area contributed by atoms with E-state index in [0.29, 0.717) is 24.9 Å².